The second kappa shape index (κ2) is 5.62. The third-order valence-electron chi connectivity index (χ3n) is 3.52. The number of halogens is 1. The lowest BCUT2D eigenvalue weighted by molar-refractivity contribution is -0.216. The molecule has 2 aliphatic heterocycles. The zero-order valence-electron chi connectivity index (χ0n) is 11.6. The molecule has 2 heterocycles. The molecule has 0 saturated carbocycles. The van der Waals surface area contributed by atoms with Gasteiger partial charge in [-0.05, 0) is 19.4 Å². The van der Waals surface area contributed by atoms with Gasteiger partial charge in [0, 0.05) is 0 Å². The van der Waals surface area contributed by atoms with Crippen molar-refractivity contribution in [2.45, 2.75) is 50.8 Å². The number of alkyl halides is 1. The number of fused-ring (bicyclic) bond motifs is 1. The minimum absolute atomic E-state index is 0.202. The summed E-state index contributed by atoms with van der Waals surface area (Å²) in [5, 5.41) is 0. The molecule has 0 aliphatic carbocycles. The van der Waals surface area contributed by atoms with E-state index in [1.165, 1.54) is 0 Å². The summed E-state index contributed by atoms with van der Waals surface area (Å²) in [5.41, 5.74) is 1.11. The van der Waals surface area contributed by atoms with Gasteiger partial charge in [0.25, 0.3) is 0 Å². The summed E-state index contributed by atoms with van der Waals surface area (Å²) in [7, 11) is 0. The zero-order valence-corrected chi connectivity index (χ0v) is 12.4. The van der Waals surface area contributed by atoms with Gasteiger partial charge in [-0.3, -0.25) is 0 Å². The largest absolute Gasteiger partial charge is 0.368 e. The molecular weight excluding hydrogens is 280 g/mol. The molecule has 0 aromatic heterocycles. The third-order valence-corrected chi connectivity index (χ3v) is 3.83. The fourth-order valence-corrected chi connectivity index (χ4v) is 2.89. The van der Waals surface area contributed by atoms with Crippen LogP contribution in [-0.2, 0) is 25.6 Å². The van der Waals surface area contributed by atoms with Crippen LogP contribution in [0.2, 0.25) is 0 Å². The Labute approximate surface area is 123 Å². The zero-order chi connectivity index (χ0) is 14.2. The molecule has 0 bridgehead atoms. The van der Waals surface area contributed by atoms with Crippen LogP contribution in [0.15, 0.2) is 30.3 Å². The first-order valence-electron chi connectivity index (χ1n) is 6.82. The van der Waals surface area contributed by atoms with Crippen LogP contribution in [0.1, 0.15) is 19.4 Å². The highest BCUT2D eigenvalue weighted by Crippen LogP contribution is 2.39. The van der Waals surface area contributed by atoms with E-state index in [4.69, 9.17) is 30.5 Å². The van der Waals surface area contributed by atoms with Gasteiger partial charge in [0.15, 0.2) is 12.1 Å². The number of hydrogen-bond donors (Lipinski definition) is 0. The molecule has 0 N–H and O–H groups in total. The van der Waals surface area contributed by atoms with E-state index in [9.17, 15) is 0 Å². The van der Waals surface area contributed by atoms with Crippen LogP contribution in [0.25, 0.3) is 0 Å². The van der Waals surface area contributed by atoms with Crippen molar-refractivity contribution in [1.29, 1.82) is 0 Å². The highest BCUT2D eigenvalue weighted by atomic mass is 35.5. The Morgan fingerprint density at radius 2 is 1.95 bits per heavy atom. The fourth-order valence-electron chi connectivity index (χ4n) is 2.64. The van der Waals surface area contributed by atoms with Crippen molar-refractivity contribution in [3.63, 3.8) is 0 Å². The van der Waals surface area contributed by atoms with Crippen LogP contribution in [0.4, 0.5) is 0 Å². The van der Waals surface area contributed by atoms with E-state index < -0.39 is 12.1 Å². The van der Waals surface area contributed by atoms with E-state index in [0.29, 0.717) is 12.5 Å². The first-order valence-corrected chi connectivity index (χ1v) is 7.35. The Morgan fingerprint density at radius 3 is 2.65 bits per heavy atom. The average molecular weight is 299 g/mol. The normalized spacial score (nSPS) is 35.1. The van der Waals surface area contributed by atoms with Gasteiger partial charge in [0.05, 0.1) is 12.5 Å². The maximum Gasteiger partial charge on any atom is 0.190 e. The summed E-state index contributed by atoms with van der Waals surface area (Å²) in [6.07, 6.45) is -1.03. The van der Waals surface area contributed by atoms with Crippen LogP contribution >= 0.6 is 11.6 Å². The van der Waals surface area contributed by atoms with Crippen LogP contribution in [-0.4, -0.2) is 36.3 Å². The maximum atomic E-state index is 5.99. The predicted octanol–water partition coefficient (Wildman–Crippen LogP) is 2.69. The predicted molar refractivity (Wildman–Crippen MR) is 74.4 cm³/mol. The summed E-state index contributed by atoms with van der Waals surface area (Å²) in [4.78, 5) is 0. The lowest BCUT2D eigenvalue weighted by Crippen LogP contribution is -2.37. The van der Waals surface area contributed by atoms with Crippen LogP contribution in [0.3, 0.4) is 0 Å². The van der Waals surface area contributed by atoms with Crippen molar-refractivity contribution in [3.8, 4) is 0 Å². The number of hydrogen-bond acceptors (Lipinski definition) is 4. The van der Waals surface area contributed by atoms with Gasteiger partial charge in [-0.2, -0.15) is 0 Å². The first-order chi connectivity index (χ1) is 9.59. The van der Waals surface area contributed by atoms with E-state index in [2.05, 4.69) is 0 Å². The molecule has 5 heteroatoms. The molecule has 0 unspecified atom stereocenters. The van der Waals surface area contributed by atoms with Crippen molar-refractivity contribution in [2.75, 3.05) is 5.88 Å². The van der Waals surface area contributed by atoms with E-state index >= 15 is 0 Å². The van der Waals surface area contributed by atoms with E-state index in [1.807, 2.05) is 44.2 Å². The number of benzene rings is 1. The van der Waals surface area contributed by atoms with Crippen molar-refractivity contribution in [2.24, 2.45) is 0 Å². The van der Waals surface area contributed by atoms with Crippen LogP contribution in [0, 0.1) is 0 Å². The molecule has 20 heavy (non-hydrogen) atoms. The summed E-state index contributed by atoms with van der Waals surface area (Å²) >= 11 is 5.95. The quantitative estimate of drug-likeness (QED) is 0.801. The summed E-state index contributed by atoms with van der Waals surface area (Å²) in [6.45, 7) is 4.26. The van der Waals surface area contributed by atoms with Gasteiger partial charge in [0.1, 0.15) is 18.3 Å². The number of ether oxygens (including phenoxy) is 4. The Morgan fingerprint density at radius 1 is 1.20 bits per heavy atom. The molecule has 0 spiro atoms. The smallest absolute Gasteiger partial charge is 0.190 e. The highest BCUT2D eigenvalue weighted by molar-refractivity contribution is 6.18. The summed E-state index contributed by atoms with van der Waals surface area (Å²) in [5.74, 6) is -0.277. The molecule has 1 aromatic carbocycles. The maximum absolute atomic E-state index is 5.99. The lowest BCUT2D eigenvalue weighted by Gasteiger charge is -2.25. The number of rotatable bonds is 4. The molecule has 110 valence electrons. The van der Waals surface area contributed by atoms with Crippen molar-refractivity contribution in [3.05, 3.63) is 35.9 Å². The summed E-state index contributed by atoms with van der Waals surface area (Å²) in [6, 6.07) is 10.0. The topological polar surface area (TPSA) is 36.9 Å². The first kappa shape index (κ1) is 14.3. The molecule has 4 atom stereocenters. The molecule has 4 nitrogen and oxygen atoms in total. The van der Waals surface area contributed by atoms with Crippen LogP contribution in [0.5, 0.6) is 0 Å². The second-order valence-corrected chi connectivity index (χ2v) is 5.87. The monoisotopic (exact) mass is 298 g/mol. The molecule has 2 aliphatic rings. The molecule has 0 amide bonds. The average Bonchev–Trinajstić information content (AvgIpc) is 2.89. The molecule has 0 radical (unpaired) electrons. The van der Waals surface area contributed by atoms with Crippen LogP contribution < -0.4 is 0 Å². The Balaban J connectivity index is 1.67. The van der Waals surface area contributed by atoms with E-state index in [-0.39, 0.29) is 18.3 Å². The minimum atomic E-state index is -0.638. The van der Waals surface area contributed by atoms with Gasteiger partial charge in [-0.15, -0.1) is 11.6 Å². The van der Waals surface area contributed by atoms with Gasteiger partial charge < -0.3 is 18.9 Å². The summed E-state index contributed by atoms with van der Waals surface area (Å²) < 4.78 is 23.3. The molecule has 3 rings (SSSR count). The highest BCUT2D eigenvalue weighted by Gasteiger charge is 2.55. The van der Waals surface area contributed by atoms with Crippen molar-refractivity contribution in [1.82, 2.24) is 0 Å². The third kappa shape index (κ3) is 2.85. The lowest BCUT2D eigenvalue weighted by atomic mass is 10.1. The minimum Gasteiger partial charge on any atom is -0.368 e. The van der Waals surface area contributed by atoms with E-state index in [0.717, 1.165) is 5.56 Å². The molecule has 1 aromatic rings. The van der Waals surface area contributed by atoms with Gasteiger partial charge >= 0.3 is 0 Å². The van der Waals surface area contributed by atoms with Gasteiger partial charge in [0.2, 0.25) is 0 Å². The Bertz CT molecular complexity index is 450. The van der Waals surface area contributed by atoms with Crippen molar-refractivity contribution >= 4 is 11.6 Å². The standard InChI is InChI=1S/C15H19ClO4/c1-15(2)19-13-12(11(8-16)18-14(13)20-15)17-9-10-6-4-3-5-7-10/h3-7,11-14H,8-9H2,1-2H3/t11-,12+,13-,14-/m1/s1. The van der Waals surface area contributed by atoms with Crippen molar-refractivity contribution < 1.29 is 18.9 Å². The van der Waals surface area contributed by atoms with Gasteiger partial charge in [-0.1, -0.05) is 30.3 Å². The fraction of sp³-hybridized carbons (Fsp3) is 0.600. The molecule has 2 saturated heterocycles. The Kier molecular flexibility index (Phi) is 4.02. The Hall–Kier alpha value is -0.650. The van der Waals surface area contributed by atoms with E-state index in [1.54, 1.807) is 0 Å². The molecule has 2 fully saturated rings. The second-order valence-electron chi connectivity index (χ2n) is 5.56. The van der Waals surface area contributed by atoms with Gasteiger partial charge in [-0.25, -0.2) is 0 Å². The molecular formula is C15H19ClO4. The SMILES string of the molecule is CC1(C)O[C@H]2O[C@H](CCl)[C@H](OCc3ccccc3)[C@H]2O1.